The Labute approximate surface area is 116 Å². The van der Waals surface area contributed by atoms with Crippen molar-refractivity contribution in [2.24, 2.45) is 11.7 Å². The molecule has 2 aliphatic rings. The van der Waals surface area contributed by atoms with Crippen LogP contribution in [0.4, 0.5) is 0 Å². The number of nitrogens with two attached hydrogens (primary N) is 1. The molecule has 2 unspecified atom stereocenters. The fourth-order valence-corrected chi connectivity index (χ4v) is 3.41. The number of carbonyl (C=O) groups is 1. The van der Waals surface area contributed by atoms with Crippen molar-refractivity contribution < 1.29 is 9.53 Å². The molecular weight excluding hydrogens is 240 g/mol. The predicted octanol–water partition coefficient (Wildman–Crippen LogP) is 1.92. The van der Waals surface area contributed by atoms with E-state index in [1.165, 1.54) is 19.3 Å². The van der Waals surface area contributed by atoms with E-state index in [1.807, 2.05) is 11.9 Å². The minimum atomic E-state index is -0.248. The zero-order valence-corrected chi connectivity index (χ0v) is 12.3. The summed E-state index contributed by atoms with van der Waals surface area (Å²) in [5.74, 6) is 1.03. The van der Waals surface area contributed by atoms with Crippen LogP contribution in [0.15, 0.2) is 0 Å². The van der Waals surface area contributed by atoms with Gasteiger partial charge in [0.15, 0.2) is 0 Å². The Balaban J connectivity index is 1.83. The number of rotatable bonds is 4. The van der Waals surface area contributed by atoms with E-state index in [0.29, 0.717) is 12.6 Å². The number of hydrogen-bond acceptors (Lipinski definition) is 3. The molecule has 0 spiro atoms. The lowest BCUT2D eigenvalue weighted by molar-refractivity contribution is -0.144. The Morgan fingerprint density at radius 3 is 2.42 bits per heavy atom. The van der Waals surface area contributed by atoms with Crippen LogP contribution in [0.25, 0.3) is 0 Å². The Kier molecular flexibility index (Phi) is 5.22. The molecule has 0 radical (unpaired) electrons. The lowest BCUT2D eigenvalue weighted by Gasteiger charge is -2.35. The van der Waals surface area contributed by atoms with Gasteiger partial charge >= 0.3 is 0 Å². The normalized spacial score (nSPS) is 35.3. The molecule has 19 heavy (non-hydrogen) atoms. The average Bonchev–Trinajstić information content (AvgIpc) is 2.94. The van der Waals surface area contributed by atoms with Crippen LogP contribution < -0.4 is 5.73 Å². The van der Waals surface area contributed by atoms with E-state index in [-0.39, 0.29) is 18.1 Å². The van der Waals surface area contributed by atoms with E-state index in [2.05, 4.69) is 6.92 Å². The van der Waals surface area contributed by atoms with Gasteiger partial charge in [0.2, 0.25) is 0 Å². The molecule has 1 saturated heterocycles. The highest BCUT2D eigenvalue weighted by Gasteiger charge is 2.34. The van der Waals surface area contributed by atoms with E-state index in [1.54, 1.807) is 0 Å². The van der Waals surface area contributed by atoms with Crippen molar-refractivity contribution in [3.05, 3.63) is 0 Å². The van der Waals surface area contributed by atoms with Crippen molar-refractivity contribution in [1.82, 2.24) is 4.90 Å². The molecule has 0 aromatic rings. The second-order valence-electron chi connectivity index (χ2n) is 6.09. The number of likely N-dealkylation sites (N-methyl/N-ethyl adjacent to an activating group) is 1. The molecule has 2 atom stereocenters. The van der Waals surface area contributed by atoms with Gasteiger partial charge in [-0.25, -0.2) is 0 Å². The molecular formula is C15H28N2O2. The van der Waals surface area contributed by atoms with Crippen LogP contribution in [0.3, 0.4) is 0 Å². The van der Waals surface area contributed by atoms with Gasteiger partial charge in [0.25, 0.3) is 5.91 Å². The summed E-state index contributed by atoms with van der Waals surface area (Å²) < 4.78 is 5.71. The van der Waals surface area contributed by atoms with Crippen molar-refractivity contribution in [2.75, 3.05) is 13.6 Å². The zero-order chi connectivity index (χ0) is 13.8. The summed E-state index contributed by atoms with van der Waals surface area (Å²) in [7, 11) is 1.94. The summed E-state index contributed by atoms with van der Waals surface area (Å²) in [6, 6.07) is 0.413. The van der Waals surface area contributed by atoms with Crippen molar-refractivity contribution in [3.63, 3.8) is 0 Å². The zero-order valence-electron chi connectivity index (χ0n) is 12.3. The maximum atomic E-state index is 12.4. The highest BCUT2D eigenvalue weighted by molar-refractivity contribution is 5.81. The van der Waals surface area contributed by atoms with Gasteiger partial charge in [0, 0.05) is 19.6 Å². The van der Waals surface area contributed by atoms with E-state index >= 15 is 0 Å². The van der Waals surface area contributed by atoms with Gasteiger partial charge in [-0.3, -0.25) is 4.79 Å². The smallest absolute Gasteiger partial charge is 0.251 e. The van der Waals surface area contributed by atoms with Crippen LogP contribution in [0.2, 0.25) is 0 Å². The standard InChI is InChI=1S/C15H28N2O2/c1-3-11-4-6-12(7-5-11)17(2)15(18)14-9-8-13(10-16)19-14/h11-14H,3-10,16H2,1-2H3. The summed E-state index contributed by atoms with van der Waals surface area (Å²) in [6.07, 6.45) is 7.67. The van der Waals surface area contributed by atoms with Crippen LogP contribution in [0.5, 0.6) is 0 Å². The molecule has 4 nitrogen and oxygen atoms in total. The van der Waals surface area contributed by atoms with Crippen LogP contribution in [0, 0.1) is 5.92 Å². The molecule has 2 N–H and O–H groups in total. The van der Waals surface area contributed by atoms with E-state index < -0.39 is 0 Å². The van der Waals surface area contributed by atoms with Gasteiger partial charge < -0.3 is 15.4 Å². The van der Waals surface area contributed by atoms with Gasteiger partial charge in [0.1, 0.15) is 6.10 Å². The van der Waals surface area contributed by atoms with Crippen molar-refractivity contribution >= 4 is 5.91 Å². The van der Waals surface area contributed by atoms with E-state index in [4.69, 9.17) is 10.5 Å². The highest BCUT2D eigenvalue weighted by Crippen LogP contribution is 2.30. The highest BCUT2D eigenvalue weighted by atomic mass is 16.5. The Bertz CT molecular complexity index is 301. The SMILES string of the molecule is CCC1CCC(N(C)C(=O)C2CCC(CN)O2)CC1. The number of ether oxygens (including phenoxy) is 1. The summed E-state index contributed by atoms with van der Waals surface area (Å²) in [4.78, 5) is 14.4. The third kappa shape index (κ3) is 3.48. The third-order valence-electron chi connectivity index (χ3n) is 4.93. The number of nitrogens with zero attached hydrogens (tertiary/aromatic N) is 1. The molecule has 1 saturated carbocycles. The topological polar surface area (TPSA) is 55.6 Å². The first-order chi connectivity index (χ1) is 9.15. The molecule has 0 aromatic carbocycles. The molecule has 1 heterocycles. The summed E-state index contributed by atoms with van der Waals surface area (Å²) >= 11 is 0. The maximum absolute atomic E-state index is 12.4. The summed E-state index contributed by atoms with van der Waals surface area (Å²) in [6.45, 7) is 2.79. The largest absolute Gasteiger partial charge is 0.364 e. The molecule has 2 rings (SSSR count). The molecule has 0 bridgehead atoms. The predicted molar refractivity (Wildman–Crippen MR) is 75.8 cm³/mol. The Morgan fingerprint density at radius 1 is 1.21 bits per heavy atom. The van der Waals surface area contributed by atoms with Gasteiger partial charge in [-0.15, -0.1) is 0 Å². The van der Waals surface area contributed by atoms with Gasteiger partial charge in [0.05, 0.1) is 6.10 Å². The minimum Gasteiger partial charge on any atom is -0.364 e. The van der Waals surface area contributed by atoms with Crippen LogP contribution in [-0.4, -0.2) is 42.6 Å². The Morgan fingerprint density at radius 2 is 1.89 bits per heavy atom. The monoisotopic (exact) mass is 268 g/mol. The first-order valence-corrected chi connectivity index (χ1v) is 7.77. The van der Waals surface area contributed by atoms with Crippen LogP contribution >= 0.6 is 0 Å². The summed E-state index contributed by atoms with van der Waals surface area (Å²) in [5, 5.41) is 0. The molecule has 2 fully saturated rings. The van der Waals surface area contributed by atoms with Crippen molar-refractivity contribution in [3.8, 4) is 0 Å². The maximum Gasteiger partial charge on any atom is 0.251 e. The molecule has 4 heteroatoms. The molecule has 1 aliphatic heterocycles. The summed E-state index contributed by atoms with van der Waals surface area (Å²) in [5.41, 5.74) is 5.60. The average molecular weight is 268 g/mol. The van der Waals surface area contributed by atoms with Crippen molar-refractivity contribution in [2.45, 2.75) is 70.1 Å². The van der Waals surface area contributed by atoms with Gasteiger partial charge in [-0.05, 0) is 44.4 Å². The number of hydrogen-bond donors (Lipinski definition) is 1. The lowest BCUT2D eigenvalue weighted by Crippen LogP contribution is -2.44. The lowest BCUT2D eigenvalue weighted by atomic mass is 9.84. The minimum absolute atomic E-state index is 0.0816. The van der Waals surface area contributed by atoms with Crippen LogP contribution in [0.1, 0.15) is 51.9 Å². The van der Waals surface area contributed by atoms with Crippen LogP contribution in [-0.2, 0) is 9.53 Å². The van der Waals surface area contributed by atoms with Gasteiger partial charge in [-0.1, -0.05) is 13.3 Å². The number of amides is 1. The second-order valence-corrected chi connectivity index (χ2v) is 6.09. The first kappa shape index (κ1) is 14.8. The Hall–Kier alpha value is -0.610. The first-order valence-electron chi connectivity index (χ1n) is 7.77. The van der Waals surface area contributed by atoms with Crippen molar-refractivity contribution in [1.29, 1.82) is 0 Å². The third-order valence-corrected chi connectivity index (χ3v) is 4.93. The molecule has 0 aromatic heterocycles. The molecule has 110 valence electrons. The molecule has 1 aliphatic carbocycles. The van der Waals surface area contributed by atoms with E-state index in [9.17, 15) is 4.79 Å². The number of carbonyl (C=O) groups excluding carboxylic acids is 1. The quantitative estimate of drug-likeness (QED) is 0.847. The van der Waals surface area contributed by atoms with Gasteiger partial charge in [-0.2, -0.15) is 0 Å². The molecule has 1 amide bonds. The fraction of sp³-hybridized carbons (Fsp3) is 0.933. The second kappa shape index (κ2) is 6.71. The fourth-order valence-electron chi connectivity index (χ4n) is 3.41. The van der Waals surface area contributed by atoms with E-state index in [0.717, 1.165) is 31.6 Å².